The van der Waals surface area contributed by atoms with Gasteiger partial charge in [-0.05, 0) is 43.3 Å². The van der Waals surface area contributed by atoms with Crippen LogP contribution in [0.1, 0.15) is 5.82 Å². The zero-order chi connectivity index (χ0) is 19.9. The standard InChI is InChI=1S/C21H23N5O2/c1-15-22-19(13-20(23-15)26(2)3)24-16-9-11-17(12-10-16)25-21(27)14-28-18-7-5-4-6-8-18/h4-13H,14H2,1-3H3,(H,25,27)(H,22,23,24). The summed E-state index contributed by atoms with van der Waals surface area (Å²) in [5.74, 6) is 2.68. The van der Waals surface area contributed by atoms with E-state index < -0.39 is 0 Å². The minimum absolute atomic E-state index is 0.0441. The van der Waals surface area contributed by atoms with E-state index in [1.165, 1.54) is 0 Å². The number of ether oxygens (including phenoxy) is 1. The molecule has 0 radical (unpaired) electrons. The lowest BCUT2D eigenvalue weighted by molar-refractivity contribution is -0.118. The second kappa shape index (κ2) is 8.85. The number of carbonyl (C=O) groups is 1. The number of hydrogen-bond acceptors (Lipinski definition) is 6. The average molecular weight is 377 g/mol. The molecule has 1 amide bonds. The zero-order valence-electron chi connectivity index (χ0n) is 16.1. The van der Waals surface area contributed by atoms with Gasteiger partial charge in [-0.3, -0.25) is 4.79 Å². The molecule has 0 fully saturated rings. The third-order valence-corrected chi connectivity index (χ3v) is 3.84. The van der Waals surface area contributed by atoms with E-state index in [-0.39, 0.29) is 12.5 Å². The summed E-state index contributed by atoms with van der Waals surface area (Å²) in [4.78, 5) is 22.7. The van der Waals surface area contributed by atoms with Gasteiger partial charge in [0.2, 0.25) is 0 Å². The minimum Gasteiger partial charge on any atom is -0.484 e. The van der Waals surface area contributed by atoms with Crippen LogP contribution in [-0.4, -0.2) is 36.6 Å². The van der Waals surface area contributed by atoms with Gasteiger partial charge in [-0.1, -0.05) is 18.2 Å². The van der Waals surface area contributed by atoms with Gasteiger partial charge in [0.15, 0.2) is 6.61 Å². The molecule has 0 unspecified atom stereocenters. The third kappa shape index (κ3) is 5.44. The van der Waals surface area contributed by atoms with Gasteiger partial charge in [0.05, 0.1) is 0 Å². The van der Waals surface area contributed by atoms with Gasteiger partial charge in [0.25, 0.3) is 5.91 Å². The number of benzene rings is 2. The van der Waals surface area contributed by atoms with E-state index in [1.807, 2.05) is 86.6 Å². The highest BCUT2D eigenvalue weighted by molar-refractivity contribution is 5.92. The average Bonchev–Trinajstić information content (AvgIpc) is 2.68. The fraction of sp³-hybridized carbons (Fsp3) is 0.190. The Kier molecular flexibility index (Phi) is 6.06. The van der Waals surface area contributed by atoms with Crippen LogP contribution in [0.2, 0.25) is 0 Å². The molecule has 0 saturated heterocycles. The Morgan fingerprint density at radius 3 is 2.36 bits per heavy atom. The molecule has 7 heteroatoms. The first-order chi connectivity index (χ1) is 13.5. The maximum Gasteiger partial charge on any atom is 0.262 e. The summed E-state index contributed by atoms with van der Waals surface area (Å²) in [5.41, 5.74) is 1.56. The molecule has 0 aliphatic carbocycles. The molecule has 0 bridgehead atoms. The number of nitrogens with zero attached hydrogens (tertiary/aromatic N) is 3. The number of amides is 1. The van der Waals surface area contributed by atoms with Gasteiger partial charge >= 0.3 is 0 Å². The summed E-state index contributed by atoms with van der Waals surface area (Å²) >= 11 is 0. The Labute approximate surface area is 164 Å². The van der Waals surface area contributed by atoms with Crippen molar-refractivity contribution in [3.8, 4) is 5.75 Å². The molecule has 28 heavy (non-hydrogen) atoms. The van der Waals surface area contributed by atoms with E-state index >= 15 is 0 Å². The van der Waals surface area contributed by atoms with Gasteiger partial charge < -0.3 is 20.3 Å². The molecule has 2 N–H and O–H groups in total. The molecular formula is C21H23N5O2. The monoisotopic (exact) mass is 377 g/mol. The number of para-hydroxylation sites is 1. The third-order valence-electron chi connectivity index (χ3n) is 3.84. The van der Waals surface area contributed by atoms with Crippen molar-refractivity contribution in [3.63, 3.8) is 0 Å². The van der Waals surface area contributed by atoms with E-state index in [9.17, 15) is 4.79 Å². The molecule has 144 valence electrons. The quantitative estimate of drug-likeness (QED) is 0.655. The van der Waals surface area contributed by atoms with Crippen LogP contribution in [0.15, 0.2) is 60.7 Å². The zero-order valence-corrected chi connectivity index (χ0v) is 16.1. The summed E-state index contributed by atoms with van der Waals surface area (Å²) in [7, 11) is 3.87. The molecule has 0 spiro atoms. The summed E-state index contributed by atoms with van der Waals surface area (Å²) in [6.45, 7) is 1.81. The molecule has 1 heterocycles. The largest absolute Gasteiger partial charge is 0.484 e. The Morgan fingerprint density at radius 1 is 1.00 bits per heavy atom. The summed E-state index contributed by atoms with van der Waals surface area (Å²) < 4.78 is 5.44. The van der Waals surface area contributed by atoms with Crippen molar-refractivity contribution in [3.05, 3.63) is 66.5 Å². The van der Waals surface area contributed by atoms with Gasteiger partial charge in [-0.25, -0.2) is 9.97 Å². The lowest BCUT2D eigenvalue weighted by Gasteiger charge is -2.14. The first kappa shape index (κ1) is 19.2. The van der Waals surface area contributed by atoms with Gasteiger partial charge in [-0.15, -0.1) is 0 Å². The Balaban J connectivity index is 1.57. The van der Waals surface area contributed by atoms with Crippen molar-refractivity contribution < 1.29 is 9.53 Å². The van der Waals surface area contributed by atoms with Gasteiger partial charge in [0, 0.05) is 31.5 Å². The van der Waals surface area contributed by atoms with Crippen molar-refractivity contribution in [2.75, 3.05) is 36.2 Å². The van der Waals surface area contributed by atoms with Crippen LogP contribution < -0.4 is 20.3 Å². The minimum atomic E-state index is -0.216. The van der Waals surface area contributed by atoms with Crippen LogP contribution in [0.25, 0.3) is 0 Å². The number of nitrogens with one attached hydrogen (secondary N) is 2. The van der Waals surface area contributed by atoms with Crippen molar-refractivity contribution in [2.24, 2.45) is 0 Å². The highest BCUT2D eigenvalue weighted by atomic mass is 16.5. The Morgan fingerprint density at radius 2 is 1.68 bits per heavy atom. The molecule has 1 aromatic heterocycles. The first-order valence-corrected chi connectivity index (χ1v) is 8.87. The van der Waals surface area contributed by atoms with Crippen molar-refractivity contribution in [1.29, 1.82) is 0 Å². The van der Waals surface area contributed by atoms with E-state index in [1.54, 1.807) is 0 Å². The fourth-order valence-corrected chi connectivity index (χ4v) is 2.49. The summed E-state index contributed by atoms with van der Waals surface area (Å²) in [6.07, 6.45) is 0. The van der Waals surface area contributed by atoms with Crippen LogP contribution in [0.4, 0.5) is 23.0 Å². The van der Waals surface area contributed by atoms with E-state index in [0.717, 1.165) is 11.5 Å². The number of rotatable bonds is 7. The molecule has 2 aromatic carbocycles. The maximum absolute atomic E-state index is 12.0. The lowest BCUT2D eigenvalue weighted by atomic mass is 10.2. The van der Waals surface area contributed by atoms with Crippen LogP contribution in [-0.2, 0) is 4.79 Å². The van der Waals surface area contributed by atoms with E-state index in [2.05, 4.69) is 20.6 Å². The highest BCUT2D eigenvalue weighted by Crippen LogP contribution is 2.20. The van der Waals surface area contributed by atoms with Crippen LogP contribution in [0, 0.1) is 6.92 Å². The molecular weight excluding hydrogens is 354 g/mol. The van der Waals surface area contributed by atoms with Crippen molar-refractivity contribution in [2.45, 2.75) is 6.92 Å². The topological polar surface area (TPSA) is 79.4 Å². The predicted octanol–water partition coefficient (Wildman–Crippen LogP) is 3.61. The lowest BCUT2D eigenvalue weighted by Crippen LogP contribution is -2.20. The van der Waals surface area contributed by atoms with Crippen molar-refractivity contribution >= 4 is 28.9 Å². The molecule has 3 rings (SSSR count). The van der Waals surface area contributed by atoms with Crippen LogP contribution in [0.5, 0.6) is 5.75 Å². The Hall–Kier alpha value is -3.61. The smallest absolute Gasteiger partial charge is 0.262 e. The molecule has 7 nitrogen and oxygen atoms in total. The normalized spacial score (nSPS) is 10.2. The first-order valence-electron chi connectivity index (χ1n) is 8.87. The highest BCUT2D eigenvalue weighted by Gasteiger charge is 2.06. The summed E-state index contributed by atoms with van der Waals surface area (Å²) in [6, 6.07) is 18.5. The van der Waals surface area contributed by atoms with E-state index in [0.29, 0.717) is 23.1 Å². The molecule has 3 aromatic rings. The fourth-order valence-electron chi connectivity index (χ4n) is 2.49. The second-order valence-electron chi connectivity index (χ2n) is 6.41. The van der Waals surface area contributed by atoms with Crippen LogP contribution in [0.3, 0.4) is 0 Å². The molecule has 0 aliphatic rings. The Bertz CT molecular complexity index is 927. The molecule has 0 atom stereocenters. The number of aromatic nitrogens is 2. The second-order valence-corrected chi connectivity index (χ2v) is 6.41. The number of anilines is 4. The maximum atomic E-state index is 12.0. The van der Waals surface area contributed by atoms with E-state index in [4.69, 9.17) is 4.74 Å². The predicted molar refractivity (Wildman–Crippen MR) is 111 cm³/mol. The van der Waals surface area contributed by atoms with Crippen molar-refractivity contribution in [1.82, 2.24) is 9.97 Å². The number of aryl methyl sites for hydroxylation is 1. The summed E-state index contributed by atoms with van der Waals surface area (Å²) in [5, 5.41) is 6.06. The van der Waals surface area contributed by atoms with Crippen LogP contribution >= 0.6 is 0 Å². The van der Waals surface area contributed by atoms with Gasteiger partial charge in [-0.2, -0.15) is 0 Å². The number of hydrogen-bond donors (Lipinski definition) is 2. The molecule has 0 aliphatic heterocycles. The van der Waals surface area contributed by atoms with Gasteiger partial charge in [0.1, 0.15) is 23.2 Å². The molecule has 0 saturated carbocycles. The SMILES string of the molecule is Cc1nc(Nc2ccc(NC(=O)COc3ccccc3)cc2)cc(N(C)C)n1. The number of carbonyl (C=O) groups excluding carboxylic acids is 1.